The zero-order valence-corrected chi connectivity index (χ0v) is 16.5. The van der Waals surface area contributed by atoms with Crippen molar-refractivity contribution in [1.29, 1.82) is 0 Å². The van der Waals surface area contributed by atoms with Crippen LogP contribution in [0.1, 0.15) is 13.8 Å². The highest BCUT2D eigenvalue weighted by molar-refractivity contribution is 8.39. The van der Waals surface area contributed by atoms with Gasteiger partial charge in [0.2, 0.25) is 5.91 Å². The first-order chi connectivity index (χ1) is 12.7. The van der Waals surface area contributed by atoms with E-state index in [0.717, 1.165) is 28.9 Å². The van der Waals surface area contributed by atoms with Crippen LogP contribution in [0, 0.1) is 0 Å². The van der Waals surface area contributed by atoms with Gasteiger partial charge >= 0.3 is 0 Å². The van der Waals surface area contributed by atoms with Gasteiger partial charge in [-0.25, -0.2) is 0 Å². The van der Waals surface area contributed by atoms with Crippen LogP contribution in [0.4, 0.5) is 5.69 Å². The number of hydrogen-bond donors (Lipinski definition) is 1. The highest BCUT2D eigenvalue weighted by atomic mass is 32.2. The van der Waals surface area contributed by atoms with Gasteiger partial charge in [-0.05, 0) is 38.1 Å². The fourth-order valence-electron chi connectivity index (χ4n) is 3.31. The van der Waals surface area contributed by atoms with Crippen LogP contribution in [0.25, 0.3) is 21.8 Å². The van der Waals surface area contributed by atoms with Gasteiger partial charge in [0, 0.05) is 39.8 Å². The minimum Gasteiger partial charge on any atom is -0.341 e. The van der Waals surface area contributed by atoms with Crippen LogP contribution in [-0.4, -0.2) is 32.4 Å². The van der Waals surface area contributed by atoms with Crippen molar-refractivity contribution in [2.24, 2.45) is 4.99 Å². The standard InChI is InChI=1S/C20H21N3OS2/c1-3-23-17-7-5-4-6-15(17)16-12-14(8-9-18(16)23)22-19(24)13(2)26-20-21-10-11-25-20/h4-9,12-13H,3,10-11H2,1-2H3,(H,22,24). The molecule has 0 saturated heterocycles. The van der Waals surface area contributed by atoms with Gasteiger partial charge in [0.15, 0.2) is 0 Å². The molecule has 2 heterocycles. The molecule has 0 saturated carbocycles. The average molecular weight is 384 g/mol. The van der Waals surface area contributed by atoms with E-state index >= 15 is 0 Å². The summed E-state index contributed by atoms with van der Waals surface area (Å²) in [5, 5.41) is 5.31. The molecular formula is C20H21N3OS2. The Morgan fingerprint density at radius 3 is 2.85 bits per heavy atom. The maximum Gasteiger partial charge on any atom is 0.237 e. The maximum atomic E-state index is 12.6. The number of aliphatic imine (C=N–C) groups is 1. The van der Waals surface area contributed by atoms with Crippen LogP contribution in [0.2, 0.25) is 0 Å². The molecule has 4 nitrogen and oxygen atoms in total. The average Bonchev–Trinajstić information content (AvgIpc) is 3.27. The number of rotatable bonds is 4. The summed E-state index contributed by atoms with van der Waals surface area (Å²) in [7, 11) is 0. The molecule has 1 atom stereocenters. The molecule has 1 aliphatic rings. The number of amides is 1. The van der Waals surface area contributed by atoms with Crippen molar-refractivity contribution in [1.82, 2.24) is 4.57 Å². The van der Waals surface area contributed by atoms with E-state index in [0.29, 0.717) is 0 Å². The molecule has 0 fully saturated rings. The van der Waals surface area contributed by atoms with Crippen molar-refractivity contribution in [2.45, 2.75) is 25.6 Å². The van der Waals surface area contributed by atoms with Gasteiger partial charge in [-0.15, -0.1) is 0 Å². The van der Waals surface area contributed by atoms with Gasteiger partial charge in [0.1, 0.15) is 4.38 Å². The van der Waals surface area contributed by atoms with E-state index < -0.39 is 0 Å². The lowest BCUT2D eigenvalue weighted by atomic mass is 10.1. The lowest BCUT2D eigenvalue weighted by Gasteiger charge is -2.12. The van der Waals surface area contributed by atoms with Gasteiger partial charge in [-0.1, -0.05) is 41.7 Å². The molecule has 1 aliphatic heterocycles. The SMILES string of the molecule is CCn1c2ccccc2c2cc(NC(=O)C(C)SC3=NCCS3)ccc21. The number of benzene rings is 2. The van der Waals surface area contributed by atoms with Gasteiger partial charge in [0.25, 0.3) is 0 Å². The maximum absolute atomic E-state index is 12.6. The lowest BCUT2D eigenvalue weighted by Crippen LogP contribution is -2.23. The highest BCUT2D eigenvalue weighted by Crippen LogP contribution is 2.31. The normalized spacial score (nSPS) is 15.4. The van der Waals surface area contributed by atoms with E-state index in [1.165, 1.54) is 21.8 Å². The Bertz CT molecular complexity index is 1010. The number of nitrogens with zero attached hydrogens (tertiary/aromatic N) is 2. The van der Waals surface area contributed by atoms with E-state index in [1.54, 1.807) is 23.5 Å². The minimum atomic E-state index is -0.160. The molecule has 4 rings (SSSR count). The third-order valence-electron chi connectivity index (χ3n) is 4.56. The molecule has 1 N–H and O–H groups in total. The smallest absolute Gasteiger partial charge is 0.237 e. The Kier molecular flexibility index (Phi) is 4.96. The van der Waals surface area contributed by atoms with E-state index in [2.05, 4.69) is 58.2 Å². The Hall–Kier alpha value is -1.92. The fourth-order valence-corrected chi connectivity index (χ4v) is 5.44. The number of carbonyl (C=O) groups excluding carboxylic acids is 1. The second kappa shape index (κ2) is 7.37. The number of carbonyl (C=O) groups is 1. The zero-order valence-electron chi connectivity index (χ0n) is 14.9. The van der Waals surface area contributed by atoms with Gasteiger partial charge in [-0.2, -0.15) is 0 Å². The van der Waals surface area contributed by atoms with Crippen LogP contribution < -0.4 is 5.32 Å². The number of hydrogen-bond acceptors (Lipinski definition) is 4. The third kappa shape index (κ3) is 3.23. The second-order valence-electron chi connectivity index (χ2n) is 6.24. The molecule has 2 aromatic carbocycles. The molecule has 0 aliphatic carbocycles. The Labute approximate surface area is 161 Å². The first-order valence-electron chi connectivity index (χ1n) is 8.83. The summed E-state index contributed by atoms with van der Waals surface area (Å²) in [6, 6.07) is 14.6. The van der Waals surface area contributed by atoms with Crippen molar-refractivity contribution < 1.29 is 4.79 Å². The quantitative estimate of drug-likeness (QED) is 0.691. The van der Waals surface area contributed by atoms with Crippen LogP contribution in [-0.2, 0) is 11.3 Å². The van der Waals surface area contributed by atoms with Crippen molar-refractivity contribution in [2.75, 3.05) is 17.6 Å². The van der Waals surface area contributed by atoms with Crippen molar-refractivity contribution in [3.8, 4) is 0 Å². The Morgan fingerprint density at radius 1 is 1.27 bits per heavy atom. The minimum absolute atomic E-state index is 0.0174. The largest absolute Gasteiger partial charge is 0.341 e. The number of aromatic nitrogens is 1. The summed E-state index contributed by atoms with van der Waals surface area (Å²) in [5.74, 6) is 1.04. The van der Waals surface area contributed by atoms with E-state index in [4.69, 9.17) is 0 Å². The Morgan fingerprint density at radius 2 is 2.08 bits per heavy atom. The number of thioether (sulfide) groups is 2. The summed E-state index contributed by atoms with van der Waals surface area (Å²) in [6.45, 7) is 5.87. The van der Waals surface area contributed by atoms with E-state index in [9.17, 15) is 4.79 Å². The molecule has 0 spiro atoms. The fraction of sp³-hybridized carbons (Fsp3) is 0.300. The molecule has 1 unspecified atom stereocenters. The number of aryl methyl sites for hydroxylation is 1. The van der Waals surface area contributed by atoms with Crippen molar-refractivity contribution >= 4 is 61.3 Å². The topological polar surface area (TPSA) is 46.4 Å². The number of nitrogens with one attached hydrogen (secondary N) is 1. The van der Waals surface area contributed by atoms with Crippen molar-refractivity contribution in [3.63, 3.8) is 0 Å². The van der Waals surface area contributed by atoms with Crippen molar-refractivity contribution in [3.05, 3.63) is 42.5 Å². The molecule has 1 amide bonds. The molecule has 0 radical (unpaired) electrons. The molecule has 134 valence electrons. The summed E-state index contributed by atoms with van der Waals surface area (Å²) in [4.78, 5) is 17.0. The monoisotopic (exact) mass is 383 g/mol. The number of fused-ring (bicyclic) bond motifs is 3. The van der Waals surface area contributed by atoms with Gasteiger partial charge < -0.3 is 9.88 Å². The van der Waals surface area contributed by atoms with Gasteiger partial charge in [0.05, 0.1) is 11.8 Å². The molecule has 6 heteroatoms. The molecule has 0 bridgehead atoms. The molecule has 26 heavy (non-hydrogen) atoms. The second-order valence-corrected chi connectivity index (χ2v) is 8.91. The Balaban J connectivity index is 1.61. The summed E-state index contributed by atoms with van der Waals surface area (Å²) in [6.07, 6.45) is 0. The predicted molar refractivity (Wildman–Crippen MR) is 116 cm³/mol. The summed E-state index contributed by atoms with van der Waals surface area (Å²) in [5.41, 5.74) is 3.27. The highest BCUT2D eigenvalue weighted by Gasteiger charge is 2.19. The molecular weight excluding hydrogens is 362 g/mol. The van der Waals surface area contributed by atoms with Gasteiger partial charge in [-0.3, -0.25) is 9.79 Å². The van der Waals surface area contributed by atoms with Crippen LogP contribution in [0.5, 0.6) is 0 Å². The predicted octanol–water partition coefficient (Wildman–Crippen LogP) is 4.98. The summed E-state index contributed by atoms with van der Waals surface area (Å²) < 4.78 is 3.33. The van der Waals surface area contributed by atoms with E-state index in [-0.39, 0.29) is 11.2 Å². The van der Waals surface area contributed by atoms with Crippen LogP contribution in [0.3, 0.4) is 0 Å². The van der Waals surface area contributed by atoms with E-state index in [1.807, 2.05) is 13.0 Å². The first kappa shape index (κ1) is 17.5. The van der Waals surface area contributed by atoms with Crippen LogP contribution in [0.15, 0.2) is 47.5 Å². The first-order valence-corrected chi connectivity index (χ1v) is 10.7. The molecule has 3 aromatic rings. The number of para-hydroxylation sites is 1. The zero-order chi connectivity index (χ0) is 18.1. The third-order valence-corrected chi connectivity index (χ3v) is 6.86. The van der Waals surface area contributed by atoms with Crippen LogP contribution >= 0.6 is 23.5 Å². The number of anilines is 1. The lowest BCUT2D eigenvalue weighted by molar-refractivity contribution is -0.115. The molecule has 1 aromatic heterocycles. The summed E-state index contributed by atoms with van der Waals surface area (Å²) >= 11 is 3.28.